The smallest absolute Gasteiger partial charge is 0.0783 e. The zero-order valence-corrected chi connectivity index (χ0v) is 14.3. The Morgan fingerprint density at radius 1 is 1.50 bits per heavy atom. The van der Waals surface area contributed by atoms with Crippen LogP contribution in [0.3, 0.4) is 0 Å². The highest BCUT2D eigenvalue weighted by Gasteiger charge is 2.42. The number of halogens is 1. The highest BCUT2D eigenvalue weighted by molar-refractivity contribution is 9.10. The minimum Gasteiger partial charge on any atom is -0.374 e. The van der Waals surface area contributed by atoms with E-state index in [4.69, 9.17) is 10.5 Å². The highest BCUT2D eigenvalue weighted by Crippen LogP contribution is 2.43. The van der Waals surface area contributed by atoms with Gasteiger partial charge in [0, 0.05) is 22.9 Å². The van der Waals surface area contributed by atoms with Gasteiger partial charge in [-0.25, -0.2) is 0 Å². The van der Waals surface area contributed by atoms with E-state index in [-0.39, 0.29) is 11.6 Å². The van der Waals surface area contributed by atoms with Crippen molar-refractivity contribution in [3.8, 4) is 0 Å². The van der Waals surface area contributed by atoms with Crippen LogP contribution >= 0.6 is 27.7 Å². The average Bonchev–Trinajstić information content (AvgIpc) is 2.86. The largest absolute Gasteiger partial charge is 0.374 e. The maximum absolute atomic E-state index is 6.59. The molecule has 0 bridgehead atoms. The van der Waals surface area contributed by atoms with E-state index in [9.17, 15) is 0 Å². The molecule has 0 radical (unpaired) electrons. The van der Waals surface area contributed by atoms with Crippen LogP contribution in [0.15, 0.2) is 22.7 Å². The van der Waals surface area contributed by atoms with E-state index in [0.29, 0.717) is 5.92 Å². The molecule has 1 aromatic rings. The van der Waals surface area contributed by atoms with E-state index < -0.39 is 0 Å². The van der Waals surface area contributed by atoms with Gasteiger partial charge in [-0.15, -0.1) is 0 Å². The van der Waals surface area contributed by atoms with Crippen LogP contribution in [0.25, 0.3) is 0 Å². The number of hydrogen-bond donors (Lipinski definition) is 1. The molecule has 2 fully saturated rings. The Hall–Kier alpha value is -0.0300. The summed E-state index contributed by atoms with van der Waals surface area (Å²) in [6.45, 7) is 3.02. The van der Waals surface area contributed by atoms with Crippen LogP contribution in [0.5, 0.6) is 0 Å². The molecule has 3 unspecified atom stereocenters. The number of hydrogen-bond acceptors (Lipinski definition) is 3. The molecule has 1 spiro atoms. The molecular weight excluding hydrogens is 334 g/mol. The van der Waals surface area contributed by atoms with E-state index in [2.05, 4.69) is 41.1 Å². The summed E-state index contributed by atoms with van der Waals surface area (Å²) in [6, 6.07) is 6.57. The van der Waals surface area contributed by atoms with Gasteiger partial charge in [-0.05, 0) is 61.1 Å². The standard InChI is InChI=1S/C16H22BrNOS/c1-11-8-13(17)2-3-14(11)15(18)12-4-6-19-16(9-12)5-7-20-10-16/h2-3,8,12,15H,4-7,9-10,18H2,1H3. The molecule has 2 aliphatic heterocycles. The quantitative estimate of drug-likeness (QED) is 0.868. The second-order valence-electron chi connectivity index (χ2n) is 6.11. The van der Waals surface area contributed by atoms with Gasteiger partial charge in [0.2, 0.25) is 0 Å². The third-order valence-corrected chi connectivity index (χ3v) is 6.41. The molecule has 2 aliphatic rings. The molecule has 2 N–H and O–H groups in total. The van der Waals surface area contributed by atoms with E-state index in [1.54, 1.807) is 0 Å². The van der Waals surface area contributed by atoms with Crippen molar-refractivity contribution in [1.29, 1.82) is 0 Å². The first-order chi connectivity index (χ1) is 9.60. The van der Waals surface area contributed by atoms with Crippen molar-refractivity contribution in [1.82, 2.24) is 0 Å². The molecule has 0 saturated carbocycles. The SMILES string of the molecule is Cc1cc(Br)ccc1C(N)C1CCOC2(CCSC2)C1. The van der Waals surface area contributed by atoms with Crippen LogP contribution in [-0.4, -0.2) is 23.7 Å². The second-order valence-corrected chi connectivity index (χ2v) is 8.13. The fourth-order valence-corrected chi connectivity index (χ4v) is 5.36. The Morgan fingerprint density at radius 2 is 2.35 bits per heavy atom. The van der Waals surface area contributed by atoms with Gasteiger partial charge in [0.05, 0.1) is 5.60 Å². The number of nitrogens with two attached hydrogens (primary N) is 1. The third kappa shape index (κ3) is 2.94. The predicted molar refractivity (Wildman–Crippen MR) is 89.2 cm³/mol. The Labute approximate surface area is 134 Å². The number of benzene rings is 1. The minimum atomic E-state index is 0.120. The monoisotopic (exact) mass is 355 g/mol. The molecule has 2 nitrogen and oxygen atoms in total. The van der Waals surface area contributed by atoms with Gasteiger partial charge in [0.25, 0.3) is 0 Å². The Morgan fingerprint density at radius 3 is 3.05 bits per heavy atom. The number of aryl methyl sites for hydroxylation is 1. The summed E-state index contributed by atoms with van der Waals surface area (Å²) in [5.41, 5.74) is 9.29. The van der Waals surface area contributed by atoms with Gasteiger partial charge in [-0.1, -0.05) is 22.0 Å². The zero-order chi connectivity index (χ0) is 14.2. The van der Waals surface area contributed by atoms with Crippen molar-refractivity contribution in [2.75, 3.05) is 18.1 Å². The fourth-order valence-electron chi connectivity index (χ4n) is 3.50. The lowest BCUT2D eigenvalue weighted by molar-refractivity contribution is -0.0834. The molecular formula is C16H22BrNOS. The molecule has 3 rings (SSSR count). The van der Waals surface area contributed by atoms with Gasteiger partial charge in [-0.3, -0.25) is 0 Å². The average molecular weight is 356 g/mol. The number of rotatable bonds is 2. The molecule has 4 heteroatoms. The van der Waals surface area contributed by atoms with Crippen LogP contribution in [0.4, 0.5) is 0 Å². The molecule has 0 aliphatic carbocycles. The topological polar surface area (TPSA) is 35.2 Å². The summed E-state index contributed by atoms with van der Waals surface area (Å²) >= 11 is 5.55. The van der Waals surface area contributed by atoms with Crippen molar-refractivity contribution < 1.29 is 4.74 Å². The first kappa shape index (κ1) is 14.9. The summed E-state index contributed by atoms with van der Waals surface area (Å²) in [4.78, 5) is 0. The van der Waals surface area contributed by atoms with Crippen LogP contribution in [0.2, 0.25) is 0 Å². The molecule has 2 saturated heterocycles. The van der Waals surface area contributed by atoms with Crippen LogP contribution in [0, 0.1) is 12.8 Å². The molecule has 3 atom stereocenters. The van der Waals surface area contributed by atoms with Crippen molar-refractivity contribution in [3.63, 3.8) is 0 Å². The molecule has 0 aromatic heterocycles. The summed E-state index contributed by atoms with van der Waals surface area (Å²) in [5, 5.41) is 0. The minimum absolute atomic E-state index is 0.120. The summed E-state index contributed by atoms with van der Waals surface area (Å²) in [7, 11) is 0. The molecule has 110 valence electrons. The van der Waals surface area contributed by atoms with Gasteiger partial charge in [-0.2, -0.15) is 11.8 Å². The van der Waals surface area contributed by atoms with Crippen molar-refractivity contribution in [2.24, 2.45) is 11.7 Å². The summed E-state index contributed by atoms with van der Waals surface area (Å²) in [6.07, 6.45) is 3.40. The summed E-state index contributed by atoms with van der Waals surface area (Å²) < 4.78 is 7.23. The lowest BCUT2D eigenvalue weighted by Crippen LogP contribution is -2.42. The van der Waals surface area contributed by atoms with Crippen LogP contribution in [-0.2, 0) is 4.74 Å². The van der Waals surface area contributed by atoms with Crippen molar-refractivity contribution in [3.05, 3.63) is 33.8 Å². The lowest BCUT2D eigenvalue weighted by Gasteiger charge is -2.40. The highest BCUT2D eigenvalue weighted by atomic mass is 79.9. The molecule has 2 heterocycles. The molecule has 1 aromatic carbocycles. The maximum atomic E-state index is 6.59. The van der Waals surface area contributed by atoms with Crippen LogP contribution < -0.4 is 5.73 Å². The van der Waals surface area contributed by atoms with Crippen molar-refractivity contribution in [2.45, 2.75) is 37.8 Å². The number of ether oxygens (including phenoxy) is 1. The predicted octanol–water partition coefficient (Wildman–Crippen LogP) is 4.06. The third-order valence-electron chi connectivity index (χ3n) is 4.70. The van der Waals surface area contributed by atoms with Gasteiger partial charge in [0.15, 0.2) is 0 Å². The molecule has 0 amide bonds. The van der Waals surface area contributed by atoms with Gasteiger partial charge in [0.1, 0.15) is 0 Å². The normalized spacial score (nSPS) is 31.6. The Kier molecular flexibility index (Phi) is 4.46. The molecule has 20 heavy (non-hydrogen) atoms. The Bertz CT molecular complexity index is 487. The zero-order valence-electron chi connectivity index (χ0n) is 11.9. The number of thioether (sulfide) groups is 1. The van der Waals surface area contributed by atoms with E-state index in [0.717, 1.165) is 29.7 Å². The maximum Gasteiger partial charge on any atom is 0.0783 e. The van der Waals surface area contributed by atoms with E-state index in [1.165, 1.54) is 23.3 Å². The first-order valence-corrected chi connectivity index (χ1v) is 9.28. The van der Waals surface area contributed by atoms with E-state index >= 15 is 0 Å². The van der Waals surface area contributed by atoms with Crippen LogP contribution in [0.1, 0.15) is 36.4 Å². The van der Waals surface area contributed by atoms with Crippen molar-refractivity contribution >= 4 is 27.7 Å². The van der Waals surface area contributed by atoms with Gasteiger partial charge >= 0.3 is 0 Å². The second kappa shape index (κ2) is 5.99. The lowest BCUT2D eigenvalue weighted by atomic mass is 9.78. The summed E-state index contributed by atoms with van der Waals surface area (Å²) in [5.74, 6) is 2.93. The fraction of sp³-hybridized carbons (Fsp3) is 0.625. The van der Waals surface area contributed by atoms with Gasteiger partial charge < -0.3 is 10.5 Å². The van der Waals surface area contributed by atoms with E-state index in [1.807, 2.05) is 11.8 Å². The first-order valence-electron chi connectivity index (χ1n) is 7.33. The Balaban J connectivity index is 1.77.